The number of rotatable bonds is 7. The zero-order valence-corrected chi connectivity index (χ0v) is 17.7. The summed E-state index contributed by atoms with van der Waals surface area (Å²) in [5.41, 5.74) is 1.63. The van der Waals surface area contributed by atoms with Gasteiger partial charge in [-0.15, -0.1) is 0 Å². The minimum Gasteiger partial charge on any atom is -0.324 e. The summed E-state index contributed by atoms with van der Waals surface area (Å²) in [5, 5.41) is 2.69. The number of nitrogens with zero attached hydrogens (tertiary/aromatic N) is 2. The van der Waals surface area contributed by atoms with E-state index < -0.39 is 32.5 Å². The van der Waals surface area contributed by atoms with Crippen LogP contribution < -0.4 is 9.62 Å². The Bertz CT molecular complexity index is 1060. The van der Waals surface area contributed by atoms with Crippen LogP contribution in [0.15, 0.2) is 53.4 Å². The van der Waals surface area contributed by atoms with E-state index in [1.165, 1.54) is 38.4 Å². The number of amides is 1. The molecule has 1 N–H and O–H groups in total. The molecular weight excluding hydrogens is 402 g/mol. The van der Waals surface area contributed by atoms with Gasteiger partial charge in [-0.2, -0.15) is 0 Å². The van der Waals surface area contributed by atoms with Gasteiger partial charge in [-0.3, -0.25) is 9.10 Å². The van der Waals surface area contributed by atoms with E-state index >= 15 is 0 Å². The van der Waals surface area contributed by atoms with Crippen molar-refractivity contribution in [3.63, 3.8) is 0 Å². The standard InChI is InChI=1S/C18H23N3O5S2/c1-14-7-5-6-8-17(14)19-18(22)13-21(27(4,23)24)15-9-11-16(12-10-15)28(25,26)20(2)3/h5-12H,13H2,1-4H3,(H,19,22). The average Bonchev–Trinajstić information content (AvgIpc) is 2.61. The first-order chi connectivity index (χ1) is 12.9. The van der Waals surface area contributed by atoms with Crippen molar-refractivity contribution in [1.29, 1.82) is 0 Å². The van der Waals surface area contributed by atoms with Crippen LogP contribution in [0.25, 0.3) is 0 Å². The maximum atomic E-state index is 12.4. The fraction of sp³-hybridized carbons (Fsp3) is 0.278. The van der Waals surface area contributed by atoms with Crippen LogP contribution in [0.5, 0.6) is 0 Å². The van der Waals surface area contributed by atoms with Crippen molar-refractivity contribution < 1.29 is 21.6 Å². The highest BCUT2D eigenvalue weighted by molar-refractivity contribution is 7.92. The quantitative estimate of drug-likeness (QED) is 0.726. The molecule has 152 valence electrons. The maximum absolute atomic E-state index is 12.4. The number of para-hydroxylation sites is 1. The molecule has 0 saturated heterocycles. The first-order valence-corrected chi connectivity index (χ1v) is 11.6. The Morgan fingerprint density at radius 1 is 0.964 bits per heavy atom. The van der Waals surface area contributed by atoms with E-state index in [9.17, 15) is 21.6 Å². The largest absolute Gasteiger partial charge is 0.324 e. The van der Waals surface area contributed by atoms with Crippen LogP contribution in [0.4, 0.5) is 11.4 Å². The lowest BCUT2D eigenvalue weighted by atomic mass is 10.2. The van der Waals surface area contributed by atoms with E-state index in [2.05, 4.69) is 5.32 Å². The second kappa shape index (κ2) is 8.29. The van der Waals surface area contributed by atoms with Gasteiger partial charge in [0.25, 0.3) is 0 Å². The summed E-state index contributed by atoms with van der Waals surface area (Å²) < 4.78 is 50.7. The van der Waals surface area contributed by atoms with Gasteiger partial charge in [-0.05, 0) is 42.8 Å². The summed E-state index contributed by atoms with van der Waals surface area (Å²) in [6.45, 7) is 1.39. The molecule has 28 heavy (non-hydrogen) atoms. The first kappa shape index (κ1) is 21.9. The molecule has 8 nitrogen and oxygen atoms in total. The fourth-order valence-electron chi connectivity index (χ4n) is 2.43. The van der Waals surface area contributed by atoms with Gasteiger partial charge >= 0.3 is 0 Å². The summed E-state index contributed by atoms with van der Waals surface area (Å²) in [4.78, 5) is 12.4. The number of aryl methyl sites for hydroxylation is 1. The number of hydrogen-bond acceptors (Lipinski definition) is 5. The molecule has 0 heterocycles. The van der Waals surface area contributed by atoms with Crippen molar-refractivity contribution in [2.24, 2.45) is 0 Å². The molecule has 0 spiro atoms. The second-order valence-corrected chi connectivity index (χ2v) is 10.5. The first-order valence-electron chi connectivity index (χ1n) is 8.28. The van der Waals surface area contributed by atoms with Crippen molar-refractivity contribution in [2.45, 2.75) is 11.8 Å². The van der Waals surface area contributed by atoms with Gasteiger partial charge in [0.1, 0.15) is 6.54 Å². The number of carbonyl (C=O) groups is 1. The van der Waals surface area contributed by atoms with Gasteiger partial charge in [0.15, 0.2) is 0 Å². The van der Waals surface area contributed by atoms with Crippen molar-refractivity contribution >= 4 is 37.3 Å². The maximum Gasteiger partial charge on any atom is 0.245 e. The molecular formula is C18H23N3O5S2. The summed E-state index contributed by atoms with van der Waals surface area (Å²) in [7, 11) is -4.60. The zero-order valence-electron chi connectivity index (χ0n) is 16.1. The van der Waals surface area contributed by atoms with E-state index in [1.807, 2.05) is 19.1 Å². The molecule has 0 aliphatic heterocycles. The van der Waals surface area contributed by atoms with Crippen LogP contribution in [-0.4, -0.2) is 53.9 Å². The lowest BCUT2D eigenvalue weighted by molar-refractivity contribution is -0.114. The Labute approximate surface area is 165 Å². The van der Waals surface area contributed by atoms with Crippen molar-refractivity contribution in [1.82, 2.24) is 4.31 Å². The minimum atomic E-state index is -3.77. The molecule has 0 aliphatic carbocycles. The molecule has 0 aromatic heterocycles. The highest BCUT2D eigenvalue weighted by Gasteiger charge is 2.23. The summed E-state index contributed by atoms with van der Waals surface area (Å²) in [6.07, 6.45) is 0.985. The van der Waals surface area contributed by atoms with E-state index in [1.54, 1.807) is 12.1 Å². The van der Waals surface area contributed by atoms with Crippen molar-refractivity contribution in [2.75, 3.05) is 36.5 Å². The van der Waals surface area contributed by atoms with E-state index in [4.69, 9.17) is 0 Å². The van der Waals surface area contributed by atoms with Gasteiger partial charge in [0, 0.05) is 19.8 Å². The fourth-order valence-corrected chi connectivity index (χ4v) is 4.19. The van der Waals surface area contributed by atoms with Crippen molar-refractivity contribution in [3.8, 4) is 0 Å². The molecule has 0 radical (unpaired) electrons. The summed E-state index contributed by atoms with van der Waals surface area (Å²) in [5.74, 6) is -0.510. The molecule has 2 aromatic carbocycles. The molecule has 0 fully saturated rings. The lowest BCUT2D eigenvalue weighted by Crippen LogP contribution is -2.37. The van der Waals surface area contributed by atoms with E-state index in [0.29, 0.717) is 5.69 Å². The molecule has 10 heteroatoms. The van der Waals surface area contributed by atoms with Crippen LogP contribution in [0.3, 0.4) is 0 Å². The van der Waals surface area contributed by atoms with Crippen LogP contribution in [0.1, 0.15) is 5.56 Å². The Hall–Kier alpha value is -2.43. The van der Waals surface area contributed by atoms with E-state index in [0.717, 1.165) is 20.4 Å². The summed E-state index contributed by atoms with van der Waals surface area (Å²) in [6, 6.07) is 12.5. The van der Waals surface area contributed by atoms with Crippen LogP contribution >= 0.6 is 0 Å². The van der Waals surface area contributed by atoms with Gasteiger partial charge in [0.2, 0.25) is 26.0 Å². The third-order valence-electron chi connectivity index (χ3n) is 4.01. The highest BCUT2D eigenvalue weighted by Crippen LogP contribution is 2.22. The van der Waals surface area contributed by atoms with Crippen molar-refractivity contribution in [3.05, 3.63) is 54.1 Å². The predicted molar refractivity (Wildman–Crippen MR) is 109 cm³/mol. The number of hydrogen-bond donors (Lipinski definition) is 1. The Kier molecular flexibility index (Phi) is 6.48. The predicted octanol–water partition coefficient (Wildman–Crippen LogP) is 1.65. The molecule has 0 bridgehead atoms. The monoisotopic (exact) mass is 425 g/mol. The SMILES string of the molecule is Cc1ccccc1NC(=O)CN(c1ccc(S(=O)(=O)N(C)C)cc1)S(C)(=O)=O. The van der Waals surface area contributed by atoms with Gasteiger partial charge in [-0.25, -0.2) is 21.1 Å². The summed E-state index contributed by atoms with van der Waals surface area (Å²) >= 11 is 0. The Morgan fingerprint density at radius 3 is 2.04 bits per heavy atom. The Balaban J connectivity index is 2.28. The molecule has 2 aromatic rings. The zero-order chi connectivity index (χ0) is 21.1. The topological polar surface area (TPSA) is 104 Å². The average molecular weight is 426 g/mol. The minimum absolute atomic E-state index is 0.0269. The van der Waals surface area contributed by atoms with Gasteiger partial charge < -0.3 is 5.32 Å². The molecule has 0 unspecified atom stereocenters. The number of nitrogens with one attached hydrogen (secondary N) is 1. The third-order valence-corrected chi connectivity index (χ3v) is 6.98. The number of benzene rings is 2. The molecule has 2 rings (SSSR count). The number of carbonyl (C=O) groups excluding carboxylic acids is 1. The number of anilines is 2. The number of sulfonamides is 2. The molecule has 0 saturated carbocycles. The lowest BCUT2D eigenvalue weighted by Gasteiger charge is -2.22. The normalized spacial score (nSPS) is 12.0. The van der Waals surface area contributed by atoms with Crippen LogP contribution in [0.2, 0.25) is 0 Å². The van der Waals surface area contributed by atoms with E-state index in [-0.39, 0.29) is 10.6 Å². The molecule has 1 amide bonds. The van der Waals surface area contributed by atoms with Crippen LogP contribution in [-0.2, 0) is 24.8 Å². The molecule has 0 atom stereocenters. The van der Waals surface area contributed by atoms with Gasteiger partial charge in [0.05, 0.1) is 16.8 Å². The molecule has 0 aliphatic rings. The highest BCUT2D eigenvalue weighted by atomic mass is 32.2. The third kappa shape index (κ3) is 5.09. The Morgan fingerprint density at radius 2 is 1.54 bits per heavy atom. The van der Waals surface area contributed by atoms with Gasteiger partial charge in [-0.1, -0.05) is 18.2 Å². The second-order valence-electron chi connectivity index (χ2n) is 6.41. The smallest absolute Gasteiger partial charge is 0.245 e. The van der Waals surface area contributed by atoms with Crippen LogP contribution in [0, 0.1) is 6.92 Å².